The van der Waals surface area contributed by atoms with Gasteiger partial charge in [-0.3, -0.25) is 0 Å². The fourth-order valence-electron chi connectivity index (χ4n) is 3.03. The molecule has 2 aromatic rings. The van der Waals surface area contributed by atoms with Gasteiger partial charge in [-0.1, -0.05) is 27.7 Å². The van der Waals surface area contributed by atoms with Crippen molar-refractivity contribution in [3.63, 3.8) is 0 Å². The number of aryl methyl sites for hydroxylation is 1. The predicted molar refractivity (Wildman–Crippen MR) is 100 cm³/mol. The van der Waals surface area contributed by atoms with E-state index in [0.717, 1.165) is 24.3 Å². The van der Waals surface area contributed by atoms with E-state index in [1.165, 1.54) is 9.09 Å². The summed E-state index contributed by atoms with van der Waals surface area (Å²) in [5.41, 5.74) is 2.33. The standard InChI is InChI=1S/C17H24ClIN2/c1-11(2)14(12(3)4)10-21-16-6-5-13(19)9-15(16)20-17(21)7-8-18/h5-6,9,11-12,14H,7-8,10H2,1-4H3. The van der Waals surface area contributed by atoms with Crippen LogP contribution >= 0.6 is 34.2 Å². The van der Waals surface area contributed by atoms with Crippen LogP contribution in [0.2, 0.25) is 0 Å². The van der Waals surface area contributed by atoms with E-state index >= 15 is 0 Å². The van der Waals surface area contributed by atoms with Crippen molar-refractivity contribution in [2.45, 2.75) is 40.7 Å². The minimum atomic E-state index is 0.619. The van der Waals surface area contributed by atoms with Crippen LogP contribution in [0.3, 0.4) is 0 Å². The van der Waals surface area contributed by atoms with Crippen LogP contribution in [-0.4, -0.2) is 15.4 Å². The topological polar surface area (TPSA) is 17.8 Å². The van der Waals surface area contributed by atoms with Crippen LogP contribution in [-0.2, 0) is 13.0 Å². The van der Waals surface area contributed by atoms with Crippen molar-refractivity contribution < 1.29 is 0 Å². The number of fused-ring (bicyclic) bond motifs is 1. The number of alkyl halides is 1. The molecule has 2 rings (SSSR count). The lowest BCUT2D eigenvalue weighted by Gasteiger charge is -2.26. The van der Waals surface area contributed by atoms with Crippen LogP contribution in [0.1, 0.15) is 33.5 Å². The highest BCUT2D eigenvalue weighted by Gasteiger charge is 2.21. The molecule has 0 bridgehead atoms. The van der Waals surface area contributed by atoms with Gasteiger partial charge in [0.15, 0.2) is 0 Å². The fraction of sp³-hybridized carbons (Fsp3) is 0.588. The first-order valence-corrected chi connectivity index (χ1v) is 9.26. The molecule has 0 saturated carbocycles. The Hall–Kier alpha value is -0.290. The van der Waals surface area contributed by atoms with E-state index in [2.05, 4.69) is 73.1 Å². The summed E-state index contributed by atoms with van der Waals surface area (Å²) >= 11 is 8.32. The summed E-state index contributed by atoms with van der Waals surface area (Å²) in [6.07, 6.45) is 0.829. The molecule has 0 fully saturated rings. The summed E-state index contributed by atoms with van der Waals surface area (Å²) in [6.45, 7) is 10.3. The van der Waals surface area contributed by atoms with Gasteiger partial charge in [-0.15, -0.1) is 11.6 Å². The van der Waals surface area contributed by atoms with Gasteiger partial charge in [0, 0.05) is 22.4 Å². The summed E-state index contributed by atoms with van der Waals surface area (Å²) < 4.78 is 3.62. The normalized spacial score (nSPS) is 12.2. The number of hydrogen-bond acceptors (Lipinski definition) is 1. The molecule has 0 atom stereocenters. The van der Waals surface area contributed by atoms with Crippen molar-refractivity contribution in [2.24, 2.45) is 17.8 Å². The smallest absolute Gasteiger partial charge is 0.111 e. The second kappa shape index (κ2) is 7.32. The molecule has 0 aliphatic carbocycles. The summed E-state index contributed by atoms with van der Waals surface area (Å²) in [4.78, 5) is 4.81. The first kappa shape index (κ1) is 17.1. The Morgan fingerprint density at radius 2 is 1.86 bits per heavy atom. The minimum Gasteiger partial charge on any atom is -0.328 e. The third-order valence-electron chi connectivity index (χ3n) is 4.21. The van der Waals surface area contributed by atoms with Gasteiger partial charge in [0.1, 0.15) is 5.82 Å². The Morgan fingerprint density at radius 3 is 2.43 bits per heavy atom. The highest BCUT2D eigenvalue weighted by atomic mass is 127. The summed E-state index contributed by atoms with van der Waals surface area (Å²) in [5, 5.41) is 0. The van der Waals surface area contributed by atoms with E-state index in [9.17, 15) is 0 Å². The van der Waals surface area contributed by atoms with Crippen LogP contribution in [0.25, 0.3) is 11.0 Å². The largest absolute Gasteiger partial charge is 0.328 e. The monoisotopic (exact) mass is 418 g/mol. The van der Waals surface area contributed by atoms with Gasteiger partial charge in [0.2, 0.25) is 0 Å². The number of hydrogen-bond donors (Lipinski definition) is 0. The first-order valence-electron chi connectivity index (χ1n) is 7.64. The molecule has 0 amide bonds. The maximum Gasteiger partial charge on any atom is 0.111 e. The molecule has 21 heavy (non-hydrogen) atoms. The molecule has 0 radical (unpaired) electrons. The molecule has 0 saturated heterocycles. The number of aromatic nitrogens is 2. The van der Waals surface area contributed by atoms with Gasteiger partial charge in [-0.2, -0.15) is 0 Å². The lowest BCUT2D eigenvalue weighted by atomic mass is 9.85. The number of halogens is 2. The third kappa shape index (κ3) is 3.92. The zero-order valence-corrected chi connectivity index (χ0v) is 16.1. The van der Waals surface area contributed by atoms with Crippen LogP contribution < -0.4 is 0 Å². The number of imidazole rings is 1. The molecule has 1 heterocycles. The molecule has 1 aromatic carbocycles. The molecule has 0 spiro atoms. The molecule has 1 aromatic heterocycles. The van der Waals surface area contributed by atoms with E-state index < -0.39 is 0 Å². The Morgan fingerprint density at radius 1 is 1.19 bits per heavy atom. The number of rotatable bonds is 6. The zero-order chi connectivity index (χ0) is 15.6. The molecule has 0 aliphatic rings. The maximum absolute atomic E-state index is 5.97. The number of nitrogens with zero attached hydrogens (tertiary/aromatic N) is 2. The van der Waals surface area contributed by atoms with Gasteiger partial charge in [0.05, 0.1) is 11.0 Å². The molecule has 4 heteroatoms. The Kier molecular flexibility index (Phi) is 5.95. The maximum atomic E-state index is 5.97. The van der Waals surface area contributed by atoms with E-state index in [1.54, 1.807) is 0 Å². The first-order chi connectivity index (χ1) is 9.93. The van der Waals surface area contributed by atoms with Gasteiger partial charge >= 0.3 is 0 Å². The van der Waals surface area contributed by atoms with Crippen molar-refractivity contribution in [1.29, 1.82) is 0 Å². The van der Waals surface area contributed by atoms with Crippen molar-refractivity contribution in [3.05, 3.63) is 27.6 Å². The van der Waals surface area contributed by atoms with E-state index in [0.29, 0.717) is 23.6 Å². The van der Waals surface area contributed by atoms with Crippen LogP contribution in [0.5, 0.6) is 0 Å². The number of benzene rings is 1. The summed E-state index contributed by atoms with van der Waals surface area (Å²) in [6, 6.07) is 6.51. The van der Waals surface area contributed by atoms with Crippen molar-refractivity contribution in [1.82, 2.24) is 9.55 Å². The lowest BCUT2D eigenvalue weighted by molar-refractivity contribution is 0.252. The van der Waals surface area contributed by atoms with Crippen molar-refractivity contribution in [3.8, 4) is 0 Å². The Labute approximate surface area is 146 Å². The van der Waals surface area contributed by atoms with Crippen LogP contribution in [0, 0.1) is 21.3 Å². The van der Waals surface area contributed by atoms with Gasteiger partial charge in [-0.05, 0) is 58.5 Å². The molecule has 0 unspecified atom stereocenters. The second-order valence-corrected chi connectivity index (χ2v) is 7.99. The minimum absolute atomic E-state index is 0.619. The predicted octanol–water partition coefficient (Wildman–Crippen LogP) is 5.35. The highest BCUT2D eigenvalue weighted by molar-refractivity contribution is 14.1. The SMILES string of the molecule is CC(C)C(Cn1c(CCCl)nc2cc(I)ccc21)C(C)C. The van der Waals surface area contributed by atoms with E-state index in [1.807, 2.05) is 0 Å². The second-order valence-electron chi connectivity index (χ2n) is 6.36. The average molecular weight is 419 g/mol. The molecule has 0 aliphatic heterocycles. The molecular weight excluding hydrogens is 395 g/mol. The average Bonchev–Trinajstić information content (AvgIpc) is 2.72. The lowest BCUT2D eigenvalue weighted by Crippen LogP contribution is -2.23. The van der Waals surface area contributed by atoms with Crippen molar-refractivity contribution >= 4 is 45.2 Å². The Bertz CT molecular complexity index is 596. The van der Waals surface area contributed by atoms with Crippen molar-refractivity contribution in [2.75, 3.05) is 5.88 Å². The van der Waals surface area contributed by atoms with Gasteiger partial charge < -0.3 is 4.57 Å². The van der Waals surface area contributed by atoms with Crippen LogP contribution in [0.4, 0.5) is 0 Å². The quantitative estimate of drug-likeness (QED) is 0.457. The molecule has 0 N–H and O–H groups in total. The third-order valence-corrected chi connectivity index (χ3v) is 5.07. The fourth-order valence-corrected chi connectivity index (χ4v) is 3.68. The van der Waals surface area contributed by atoms with Crippen LogP contribution in [0.15, 0.2) is 18.2 Å². The van der Waals surface area contributed by atoms with Gasteiger partial charge in [0.25, 0.3) is 0 Å². The zero-order valence-electron chi connectivity index (χ0n) is 13.2. The molecule has 116 valence electrons. The summed E-state index contributed by atoms with van der Waals surface area (Å²) in [7, 11) is 0. The van der Waals surface area contributed by atoms with E-state index in [4.69, 9.17) is 16.6 Å². The molecule has 2 nitrogen and oxygen atoms in total. The summed E-state index contributed by atoms with van der Waals surface area (Å²) in [5.74, 6) is 3.71. The van der Waals surface area contributed by atoms with E-state index in [-0.39, 0.29) is 0 Å². The highest BCUT2D eigenvalue weighted by Crippen LogP contribution is 2.27. The molecular formula is C17H24ClIN2. The Balaban J connectivity index is 2.46. The van der Waals surface area contributed by atoms with Gasteiger partial charge in [-0.25, -0.2) is 4.98 Å².